The molecule has 1 nitrogen and oxygen atoms in total. The van der Waals surface area contributed by atoms with Gasteiger partial charge in [0, 0.05) is 27.1 Å². The zero-order chi connectivity index (χ0) is 17.4. The SMILES string of the molecule is COc1ccc(C2=C(Cl)C=C(c3ccc(Cl)cc3)C23SCCS3)cc1. The Morgan fingerprint density at radius 2 is 1.48 bits per heavy atom. The molecule has 1 fully saturated rings. The van der Waals surface area contributed by atoms with Gasteiger partial charge in [-0.15, -0.1) is 23.5 Å². The van der Waals surface area contributed by atoms with Gasteiger partial charge >= 0.3 is 0 Å². The van der Waals surface area contributed by atoms with Crippen LogP contribution in [0.5, 0.6) is 5.75 Å². The van der Waals surface area contributed by atoms with Gasteiger partial charge in [-0.1, -0.05) is 47.5 Å². The van der Waals surface area contributed by atoms with Crippen LogP contribution in [0.15, 0.2) is 59.6 Å². The van der Waals surface area contributed by atoms with Crippen LogP contribution in [0.1, 0.15) is 11.1 Å². The highest BCUT2D eigenvalue weighted by Crippen LogP contribution is 2.63. The maximum atomic E-state index is 6.75. The molecule has 2 aliphatic rings. The van der Waals surface area contributed by atoms with Gasteiger partial charge in [-0.25, -0.2) is 0 Å². The van der Waals surface area contributed by atoms with Gasteiger partial charge in [-0.05, 0) is 47.0 Å². The molecule has 0 bridgehead atoms. The summed E-state index contributed by atoms with van der Waals surface area (Å²) in [4.78, 5) is 0. The quantitative estimate of drug-likeness (QED) is 0.569. The van der Waals surface area contributed by atoms with Crippen LogP contribution < -0.4 is 4.74 Å². The average Bonchev–Trinajstić information content (AvgIpc) is 3.22. The first-order valence-corrected chi connectivity index (χ1v) is 10.7. The highest BCUT2D eigenvalue weighted by molar-refractivity contribution is 8.22. The van der Waals surface area contributed by atoms with E-state index in [1.54, 1.807) is 7.11 Å². The van der Waals surface area contributed by atoms with Crippen molar-refractivity contribution in [2.75, 3.05) is 18.6 Å². The second-order valence-corrected chi connectivity index (χ2v) is 9.55. The molecule has 128 valence electrons. The summed E-state index contributed by atoms with van der Waals surface area (Å²) in [7, 11) is 1.68. The van der Waals surface area contributed by atoms with E-state index < -0.39 is 0 Å². The smallest absolute Gasteiger partial charge is 0.118 e. The molecule has 0 N–H and O–H groups in total. The van der Waals surface area contributed by atoms with Crippen molar-refractivity contribution in [1.29, 1.82) is 0 Å². The van der Waals surface area contributed by atoms with Gasteiger partial charge in [-0.2, -0.15) is 0 Å². The fourth-order valence-electron chi connectivity index (χ4n) is 3.29. The highest BCUT2D eigenvalue weighted by Gasteiger charge is 2.48. The number of hydrogen-bond acceptors (Lipinski definition) is 3. The van der Waals surface area contributed by atoms with Crippen molar-refractivity contribution in [3.05, 3.63) is 75.8 Å². The van der Waals surface area contributed by atoms with Crippen LogP contribution in [0.2, 0.25) is 5.02 Å². The van der Waals surface area contributed by atoms with Gasteiger partial charge in [0.15, 0.2) is 0 Å². The van der Waals surface area contributed by atoms with E-state index in [1.807, 2.05) is 47.8 Å². The van der Waals surface area contributed by atoms with Crippen molar-refractivity contribution in [2.24, 2.45) is 0 Å². The Kier molecular flexibility index (Phi) is 4.85. The molecule has 0 radical (unpaired) electrons. The van der Waals surface area contributed by atoms with Crippen molar-refractivity contribution in [3.63, 3.8) is 0 Å². The number of allylic oxidation sites excluding steroid dienone is 2. The molecular formula is C20H16Cl2OS2. The van der Waals surface area contributed by atoms with Crippen molar-refractivity contribution in [1.82, 2.24) is 0 Å². The summed E-state index contributed by atoms with van der Waals surface area (Å²) in [6, 6.07) is 16.2. The summed E-state index contributed by atoms with van der Waals surface area (Å²) >= 11 is 16.8. The van der Waals surface area contributed by atoms with Crippen LogP contribution in [0.3, 0.4) is 0 Å². The molecule has 2 aromatic carbocycles. The molecule has 1 heterocycles. The molecular weight excluding hydrogens is 391 g/mol. The first-order valence-electron chi connectivity index (χ1n) is 7.95. The van der Waals surface area contributed by atoms with Crippen molar-refractivity contribution >= 4 is 57.9 Å². The first kappa shape index (κ1) is 17.4. The lowest BCUT2D eigenvalue weighted by Crippen LogP contribution is -2.19. The minimum atomic E-state index is -0.153. The van der Waals surface area contributed by atoms with E-state index in [4.69, 9.17) is 27.9 Å². The van der Waals surface area contributed by atoms with Gasteiger partial charge in [0.2, 0.25) is 0 Å². The van der Waals surface area contributed by atoms with Gasteiger partial charge in [0.25, 0.3) is 0 Å². The lowest BCUT2D eigenvalue weighted by molar-refractivity contribution is 0.415. The number of hydrogen-bond donors (Lipinski definition) is 0. The summed E-state index contributed by atoms with van der Waals surface area (Å²) in [6.45, 7) is 0. The lowest BCUT2D eigenvalue weighted by atomic mass is 9.97. The highest BCUT2D eigenvalue weighted by atomic mass is 35.5. The lowest BCUT2D eigenvalue weighted by Gasteiger charge is -2.30. The Hall–Kier alpha value is -1.000. The topological polar surface area (TPSA) is 9.23 Å². The molecule has 1 aliphatic heterocycles. The number of rotatable bonds is 3. The Balaban J connectivity index is 1.80. The van der Waals surface area contributed by atoms with E-state index in [0.717, 1.165) is 32.9 Å². The predicted molar refractivity (Wildman–Crippen MR) is 113 cm³/mol. The molecule has 1 aliphatic carbocycles. The van der Waals surface area contributed by atoms with E-state index in [1.165, 1.54) is 16.7 Å². The summed E-state index contributed by atoms with van der Waals surface area (Å²) < 4.78 is 5.14. The van der Waals surface area contributed by atoms with E-state index in [2.05, 4.69) is 30.3 Å². The van der Waals surface area contributed by atoms with E-state index in [9.17, 15) is 0 Å². The number of thioether (sulfide) groups is 2. The molecule has 1 saturated heterocycles. The van der Waals surface area contributed by atoms with Crippen molar-refractivity contribution in [3.8, 4) is 5.75 Å². The zero-order valence-corrected chi connectivity index (χ0v) is 16.7. The summed E-state index contributed by atoms with van der Waals surface area (Å²) in [6.07, 6.45) is 2.12. The molecule has 1 spiro atoms. The second-order valence-electron chi connectivity index (χ2n) is 5.83. The Morgan fingerprint density at radius 3 is 2.08 bits per heavy atom. The molecule has 0 aromatic heterocycles. The Morgan fingerprint density at radius 1 is 0.880 bits per heavy atom. The minimum absolute atomic E-state index is 0.153. The number of halogens is 2. The van der Waals surface area contributed by atoms with Crippen LogP contribution >= 0.6 is 46.7 Å². The largest absolute Gasteiger partial charge is 0.497 e. The molecule has 0 amide bonds. The average molecular weight is 407 g/mol. The van der Waals surface area contributed by atoms with Crippen LogP contribution in [0.25, 0.3) is 11.1 Å². The van der Waals surface area contributed by atoms with Crippen LogP contribution in [-0.2, 0) is 0 Å². The second kappa shape index (κ2) is 6.96. The first-order chi connectivity index (χ1) is 12.1. The molecule has 25 heavy (non-hydrogen) atoms. The van der Waals surface area contributed by atoms with Gasteiger partial charge < -0.3 is 4.74 Å². The summed E-state index contributed by atoms with van der Waals surface area (Å²) in [5.41, 5.74) is 4.77. The monoisotopic (exact) mass is 406 g/mol. The summed E-state index contributed by atoms with van der Waals surface area (Å²) in [5, 5.41) is 1.56. The third kappa shape index (κ3) is 3.02. The molecule has 5 heteroatoms. The third-order valence-electron chi connectivity index (χ3n) is 4.42. The normalized spacial score (nSPS) is 18.8. The Labute approximate surface area is 166 Å². The maximum Gasteiger partial charge on any atom is 0.118 e. The van der Waals surface area contributed by atoms with Gasteiger partial charge in [0.1, 0.15) is 9.83 Å². The van der Waals surface area contributed by atoms with Crippen LogP contribution in [0.4, 0.5) is 0 Å². The number of methoxy groups -OCH3 is 1. The van der Waals surface area contributed by atoms with Gasteiger partial charge in [0.05, 0.1) is 7.11 Å². The van der Waals surface area contributed by atoms with E-state index >= 15 is 0 Å². The Bertz CT molecular complexity index is 848. The van der Waals surface area contributed by atoms with E-state index in [-0.39, 0.29) is 4.08 Å². The minimum Gasteiger partial charge on any atom is -0.497 e. The molecule has 0 atom stereocenters. The van der Waals surface area contributed by atoms with E-state index in [0.29, 0.717) is 0 Å². The summed E-state index contributed by atoms with van der Waals surface area (Å²) in [5.74, 6) is 3.07. The molecule has 0 unspecified atom stereocenters. The maximum absolute atomic E-state index is 6.75. The fourth-order valence-corrected chi connectivity index (χ4v) is 7.37. The molecule has 2 aromatic rings. The third-order valence-corrected chi connectivity index (χ3v) is 8.41. The zero-order valence-electron chi connectivity index (χ0n) is 13.6. The standard InChI is InChI=1S/C20H16Cl2OS2/c1-23-16-8-4-14(5-9-16)19-18(22)12-17(20(19)24-10-11-25-20)13-2-6-15(21)7-3-13/h2-9,12H,10-11H2,1H3. The van der Waals surface area contributed by atoms with Crippen LogP contribution in [0, 0.1) is 0 Å². The van der Waals surface area contributed by atoms with Crippen molar-refractivity contribution < 1.29 is 4.74 Å². The molecule has 0 saturated carbocycles. The number of benzene rings is 2. The van der Waals surface area contributed by atoms with Crippen molar-refractivity contribution in [2.45, 2.75) is 4.08 Å². The fraction of sp³-hybridized carbons (Fsp3) is 0.200. The number of ether oxygens (including phenoxy) is 1. The molecule has 4 rings (SSSR count). The van der Waals surface area contributed by atoms with Gasteiger partial charge in [-0.3, -0.25) is 0 Å². The van der Waals surface area contributed by atoms with Crippen LogP contribution in [-0.4, -0.2) is 22.7 Å². The predicted octanol–water partition coefficient (Wildman–Crippen LogP) is 6.57.